The van der Waals surface area contributed by atoms with Crippen LogP contribution in [0.5, 0.6) is 0 Å². The minimum Gasteiger partial charge on any atom is -0.377 e. The van der Waals surface area contributed by atoms with Crippen LogP contribution in [0.2, 0.25) is 0 Å². The van der Waals surface area contributed by atoms with Crippen molar-refractivity contribution in [1.82, 2.24) is 4.98 Å². The van der Waals surface area contributed by atoms with Gasteiger partial charge in [-0.3, -0.25) is 4.79 Å². The Morgan fingerprint density at radius 3 is 2.94 bits per heavy atom. The largest absolute Gasteiger partial charge is 0.377 e. The molecule has 0 saturated carbocycles. The van der Waals surface area contributed by atoms with Crippen molar-refractivity contribution in [3.05, 3.63) is 22.4 Å². The molecule has 0 radical (unpaired) electrons. The van der Waals surface area contributed by atoms with Crippen LogP contribution in [0.1, 0.15) is 18.9 Å². The lowest BCUT2D eigenvalue weighted by atomic mass is 10.2. The van der Waals surface area contributed by atoms with Crippen molar-refractivity contribution >= 4 is 27.5 Å². The smallest absolute Gasteiger partial charge is 0.227 e. The normalized spacial score (nSPS) is 12.2. The van der Waals surface area contributed by atoms with Crippen LogP contribution >= 0.6 is 15.9 Å². The summed E-state index contributed by atoms with van der Waals surface area (Å²) in [6.45, 7) is 4.67. The van der Waals surface area contributed by atoms with Crippen molar-refractivity contribution in [2.75, 3.05) is 18.5 Å². The fourth-order valence-electron chi connectivity index (χ4n) is 1.49. The Morgan fingerprint density at radius 2 is 2.39 bits per heavy atom. The Hall–Kier alpha value is -0.980. The first-order valence-corrected chi connectivity index (χ1v) is 6.59. The number of amides is 1. The Morgan fingerprint density at radius 1 is 1.67 bits per heavy atom. The number of aryl methyl sites for hydroxylation is 1. The lowest BCUT2D eigenvalue weighted by Gasteiger charge is -2.14. The fraction of sp³-hybridized carbons (Fsp3) is 0.500. The molecule has 0 aliphatic rings. The summed E-state index contributed by atoms with van der Waals surface area (Å²) in [6.07, 6.45) is 1.62. The number of hydrogen-bond donors (Lipinski definition) is 2. The van der Waals surface area contributed by atoms with Gasteiger partial charge in [0.2, 0.25) is 5.91 Å². The highest BCUT2D eigenvalue weighted by Gasteiger charge is 2.12. The van der Waals surface area contributed by atoms with Crippen molar-refractivity contribution in [3.8, 4) is 0 Å². The van der Waals surface area contributed by atoms with Gasteiger partial charge in [-0.2, -0.15) is 0 Å². The van der Waals surface area contributed by atoms with E-state index < -0.39 is 0 Å². The van der Waals surface area contributed by atoms with Crippen LogP contribution in [0.25, 0.3) is 0 Å². The van der Waals surface area contributed by atoms with Gasteiger partial charge in [-0.05, 0) is 41.4 Å². The van der Waals surface area contributed by atoms with E-state index in [-0.39, 0.29) is 18.4 Å². The van der Waals surface area contributed by atoms with E-state index in [0.29, 0.717) is 18.8 Å². The van der Waals surface area contributed by atoms with Crippen molar-refractivity contribution in [2.45, 2.75) is 26.4 Å². The lowest BCUT2D eigenvalue weighted by molar-refractivity contribution is -0.118. The van der Waals surface area contributed by atoms with Gasteiger partial charge in [0.15, 0.2) is 0 Å². The average Bonchev–Trinajstić information content (AvgIpc) is 2.33. The summed E-state index contributed by atoms with van der Waals surface area (Å²) in [5, 5.41) is 2.78. The molecule has 3 N–H and O–H groups in total. The van der Waals surface area contributed by atoms with Crippen LogP contribution in [0, 0.1) is 6.92 Å². The number of carbonyl (C=O) groups is 1. The molecule has 1 rings (SSSR count). The standard InChI is InChI=1S/C12H18BrN3O2/c1-3-18-10(6-14)5-11(17)16-9-4-8(2)12(13)15-7-9/h4,7,10H,3,5-6,14H2,1-2H3,(H,16,17). The predicted molar refractivity (Wildman–Crippen MR) is 74.4 cm³/mol. The zero-order valence-corrected chi connectivity index (χ0v) is 12.2. The lowest BCUT2D eigenvalue weighted by Crippen LogP contribution is -2.29. The summed E-state index contributed by atoms with van der Waals surface area (Å²) < 4.78 is 6.11. The van der Waals surface area contributed by atoms with Crippen molar-refractivity contribution in [3.63, 3.8) is 0 Å². The van der Waals surface area contributed by atoms with E-state index in [9.17, 15) is 4.79 Å². The molecule has 1 aromatic heterocycles. The Kier molecular flexibility index (Phi) is 6.24. The third kappa shape index (κ3) is 4.72. The molecule has 0 aromatic carbocycles. The molecule has 100 valence electrons. The van der Waals surface area contributed by atoms with E-state index in [1.165, 1.54) is 0 Å². The second-order valence-corrected chi connectivity index (χ2v) is 4.65. The van der Waals surface area contributed by atoms with Crippen LogP contribution in [-0.2, 0) is 9.53 Å². The van der Waals surface area contributed by atoms with Crippen LogP contribution in [0.4, 0.5) is 5.69 Å². The van der Waals surface area contributed by atoms with Crippen molar-refractivity contribution < 1.29 is 9.53 Å². The number of ether oxygens (including phenoxy) is 1. The molecule has 0 aliphatic heterocycles. The number of rotatable bonds is 6. The molecule has 5 nitrogen and oxygen atoms in total. The van der Waals surface area contributed by atoms with Gasteiger partial charge in [0.25, 0.3) is 0 Å². The first-order chi connectivity index (χ1) is 8.56. The molecule has 0 bridgehead atoms. The van der Waals surface area contributed by atoms with Crippen LogP contribution in [0.15, 0.2) is 16.9 Å². The maximum Gasteiger partial charge on any atom is 0.227 e. The molecule has 1 aromatic rings. The first-order valence-electron chi connectivity index (χ1n) is 5.80. The summed E-state index contributed by atoms with van der Waals surface area (Å²) in [5.41, 5.74) is 7.16. The van der Waals surface area contributed by atoms with Gasteiger partial charge in [-0.25, -0.2) is 4.98 Å². The Labute approximate surface area is 115 Å². The number of halogens is 1. The second-order valence-electron chi connectivity index (χ2n) is 3.90. The molecule has 1 heterocycles. The molecular formula is C12H18BrN3O2. The van der Waals surface area contributed by atoms with Gasteiger partial charge in [-0.15, -0.1) is 0 Å². The van der Waals surface area contributed by atoms with E-state index in [0.717, 1.165) is 10.2 Å². The molecule has 6 heteroatoms. The molecule has 18 heavy (non-hydrogen) atoms. The summed E-state index contributed by atoms with van der Waals surface area (Å²) >= 11 is 3.31. The Balaban J connectivity index is 2.55. The number of nitrogens with one attached hydrogen (secondary N) is 1. The van der Waals surface area contributed by atoms with E-state index in [4.69, 9.17) is 10.5 Å². The molecule has 1 unspecified atom stereocenters. The van der Waals surface area contributed by atoms with Crippen molar-refractivity contribution in [2.24, 2.45) is 5.73 Å². The molecule has 0 aliphatic carbocycles. The number of nitrogens with two attached hydrogens (primary N) is 1. The van der Waals surface area contributed by atoms with E-state index in [1.807, 2.05) is 19.9 Å². The number of aromatic nitrogens is 1. The van der Waals surface area contributed by atoms with Crippen molar-refractivity contribution in [1.29, 1.82) is 0 Å². The highest BCUT2D eigenvalue weighted by molar-refractivity contribution is 9.10. The molecule has 1 atom stereocenters. The SMILES string of the molecule is CCOC(CN)CC(=O)Nc1cnc(Br)c(C)c1. The van der Waals surface area contributed by atoms with Gasteiger partial charge in [0.1, 0.15) is 4.60 Å². The topological polar surface area (TPSA) is 77.2 Å². The summed E-state index contributed by atoms with van der Waals surface area (Å²) in [4.78, 5) is 15.9. The highest BCUT2D eigenvalue weighted by Crippen LogP contribution is 2.17. The Bertz CT molecular complexity index is 412. The highest BCUT2D eigenvalue weighted by atomic mass is 79.9. The fourth-order valence-corrected chi connectivity index (χ4v) is 1.71. The molecular weight excluding hydrogens is 298 g/mol. The minimum atomic E-state index is -0.237. The maximum absolute atomic E-state index is 11.8. The van der Waals surface area contributed by atoms with E-state index in [2.05, 4.69) is 26.2 Å². The van der Waals surface area contributed by atoms with E-state index >= 15 is 0 Å². The number of nitrogens with zero attached hydrogens (tertiary/aromatic N) is 1. The number of carbonyl (C=O) groups excluding carboxylic acids is 1. The zero-order chi connectivity index (χ0) is 13.5. The monoisotopic (exact) mass is 315 g/mol. The van der Waals surface area contributed by atoms with Gasteiger partial charge in [0, 0.05) is 13.2 Å². The second kappa shape index (κ2) is 7.45. The van der Waals surface area contributed by atoms with Gasteiger partial charge < -0.3 is 15.8 Å². The third-order valence-electron chi connectivity index (χ3n) is 2.38. The average molecular weight is 316 g/mol. The predicted octanol–water partition coefficient (Wildman–Crippen LogP) is 1.84. The number of pyridine rings is 1. The third-order valence-corrected chi connectivity index (χ3v) is 3.21. The van der Waals surface area contributed by atoms with Gasteiger partial charge >= 0.3 is 0 Å². The minimum absolute atomic E-state index is 0.123. The first kappa shape index (κ1) is 15.1. The van der Waals surface area contributed by atoms with Gasteiger partial charge in [0.05, 0.1) is 24.4 Å². The summed E-state index contributed by atoms with van der Waals surface area (Å²) in [6, 6.07) is 1.85. The summed E-state index contributed by atoms with van der Waals surface area (Å²) in [5.74, 6) is -0.123. The number of anilines is 1. The molecule has 0 saturated heterocycles. The summed E-state index contributed by atoms with van der Waals surface area (Å²) in [7, 11) is 0. The number of hydrogen-bond acceptors (Lipinski definition) is 4. The van der Waals surface area contributed by atoms with Gasteiger partial charge in [-0.1, -0.05) is 0 Å². The zero-order valence-electron chi connectivity index (χ0n) is 10.6. The van der Waals surface area contributed by atoms with E-state index in [1.54, 1.807) is 6.20 Å². The molecule has 1 amide bonds. The molecule has 0 fully saturated rings. The maximum atomic E-state index is 11.8. The van der Waals surface area contributed by atoms with Crippen LogP contribution in [-0.4, -0.2) is 30.1 Å². The quantitative estimate of drug-likeness (QED) is 0.785. The molecule has 0 spiro atoms. The van der Waals surface area contributed by atoms with Crippen LogP contribution in [0.3, 0.4) is 0 Å². The van der Waals surface area contributed by atoms with Crippen LogP contribution < -0.4 is 11.1 Å².